The maximum absolute atomic E-state index is 5.83. The lowest BCUT2D eigenvalue weighted by atomic mass is 9.69. The molecule has 0 amide bonds. The van der Waals surface area contributed by atoms with Crippen LogP contribution in [0.15, 0.2) is 34.9 Å². The summed E-state index contributed by atoms with van der Waals surface area (Å²) >= 11 is 0. The fourth-order valence-electron chi connectivity index (χ4n) is 3.36. The molecule has 1 aliphatic carbocycles. The minimum absolute atomic E-state index is 0.0392. The Labute approximate surface area is 125 Å². The zero-order valence-electron chi connectivity index (χ0n) is 12.6. The van der Waals surface area contributed by atoms with Crippen molar-refractivity contribution in [1.82, 2.24) is 10.1 Å². The van der Waals surface area contributed by atoms with Gasteiger partial charge in [0, 0.05) is 12.5 Å². The molecule has 4 heteroatoms. The average molecular weight is 285 g/mol. The van der Waals surface area contributed by atoms with Crippen LogP contribution in [-0.4, -0.2) is 16.2 Å². The van der Waals surface area contributed by atoms with Gasteiger partial charge in [0.2, 0.25) is 5.89 Å². The number of aromatic nitrogens is 2. The van der Waals surface area contributed by atoms with E-state index >= 15 is 0 Å². The third-order valence-corrected chi connectivity index (χ3v) is 4.43. The topological polar surface area (TPSA) is 64.9 Å². The van der Waals surface area contributed by atoms with Crippen molar-refractivity contribution >= 4 is 0 Å². The lowest BCUT2D eigenvalue weighted by Crippen LogP contribution is -2.31. The molecule has 1 saturated carbocycles. The first kappa shape index (κ1) is 14.3. The van der Waals surface area contributed by atoms with Crippen LogP contribution in [0, 0.1) is 0 Å². The number of hydrogen-bond acceptors (Lipinski definition) is 4. The summed E-state index contributed by atoms with van der Waals surface area (Å²) in [6.07, 6.45) is 6.54. The highest BCUT2D eigenvalue weighted by molar-refractivity contribution is 5.33. The van der Waals surface area contributed by atoms with Crippen molar-refractivity contribution in [3.05, 3.63) is 47.6 Å². The van der Waals surface area contributed by atoms with Crippen molar-refractivity contribution in [3.8, 4) is 0 Å². The smallest absolute Gasteiger partial charge is 0.228 e. The summed E-state index contributed by atoms with van der Waals surface area (Å²) in [5.41, 5.74) is 7.05. The monoisotopic (exact) mass is 285 g/mol. The van der Waals surface area contributed by atoms with E-state index in [0.717, 1.165) is 18.7 Å². The summed E-state index contributed by atoms with van der Waals surface area (Å²) < 4.78 is 5.43. The first-order valence-electron chi connectivity index (χ1n) is 7.85. The van der Waals surface area contributed by atoms with E-state index in [2.05, 4.69) is 40.5 Å². The van der Waals surface area contributed by atoms with Gasteiger partial charge in [-0.2, -0.15) is 4.98 Å². The Balaban J connectivity index is 1.98. The van der Waals surface area contributed by atoms with Gasteiger partial charge in [0.25, 0.3) is 0 Å². The molecular formula is C17H23N3O. The SMILES string of the molecule is CC(N)Cc1nc(C2(c3ccccc3)CCCCC2)no1. The minimum Gasteiger partial charge on any atom is -0.339 e. The fourth-order valence-corrected chi connectivity index (χ4v) is 3.36. The van der Waals surface area contributed by atoms with Crippen molar-refractivity contribution in [1.29, 1.82) is 0 Å². The first-order chi connectivity index (χ1) is 10.2. The highest BCUT2D eigenvalue weighted by Gasteiger charge is 2.39. The lowest BCUT2D eigenvalue weighted by molar-refractivity contribution is 0.308. The molecule has 0 saturated heterocycles. The molecule has 4 nitrogen and oxygen atoms in total. The molecule has 1 atom stereocenters. The predicted octanol–water partition coefficient (Wildman–Crippen LogP) is 3.21. The van der Waals surface area contributed by atoms with E-state index in [1.807, 2.05) is 6.92 Å². The van der Waals surface area contributed by atoms with Gasteiger partial charge in [-0.3, -0.25) is 0 Å². The number of nitrogens with zero attached hydrogens (tertiary/aromatic N) is 2. The number of hydrogen-bond donors (Lipinski definition) is 1. The second-order valence-electron chi connectivity index (χ2n) is 6.20. The first-order valence-corrected chi connectivity index (χ1v) is 7.85. The summed E-state index contributed by atoms with van der Waals surface area (Å²) in [5.74, 6) is 1.49. The maximum atomic E-state index is 5.83. The second-order valence-corrected chi connectivity index (χ2v) is 6.20. The Morgan fingerprint density at radius 1 is 1.19 bits per heavy atom. The van der Waals surface area contributed by atoms with Gasteiger partial charge in [-0.15, -0.1) is 0 Å². The third-order valence-electron chi connectivity index (χ3n) is 4.43. The van der Waals surface area contributed by atoms with Crippen LogP contribution < -0.4 is 5.73 Å². The van der Waals surface area contributed by atoms with Crippen LogP contribution >= 0.6 is 0 Å². The van der Waals surface area contributed by atoms with Gasteiger partial charge >= 0.3 is 0 Å². The Morgan fingerprint density at radius 2 is 1.90 bits per heavy atom. The van der Waals surface area contributed by atoms with Gasteiger partial charge < -0.3 is 10.3 Å². The second kappa shape index (κ2) is 5.98. The molecule has 0 radical (unpaired) electrons. The molecule has 2 aromatic rings. The van der Waals surface area contributed by atoms with Crippen LogP contribution in [0.25, 0.3) is 0 Å². The van der Waals surface area contributed by atoms with E-state index in [0.29, 0.717) is 12.3 Å². The summed E-state index contributed by atoms with van der Waals surface area (Å²) in [6.45, 7) is 1.96. The summed E-state index contributed by atoms with van der Waals surface area (Å²) in [6, 6.07) is 10.7. The molecule has 1 aromatic heterocycles. The number of benzene rings is 1. The molecule has 1 fully saturated rings. The molecule has 1 unspecified atom stereocenters. The molecule has 0 aliphatic heterocycles. The van der Waals surface area contributed by atoms with Crippen LogP contribution in [0.2, 0.25) is 0 Å². The van der Waals surface area contributed by atoms with Crippen LogP contribution in [0.1, 0.15) is 56.3 Å². The number of nitrogens with two attached hydrogens (primary N) is 1. The van der Waals surface area contributed by atoms with Crippen molar-refractivity contribution in [2.24, 2.45) is 5.73 Å². The third kappa shape index (κ3) is 2.86. The average Bonchev–Trinajstić information content (AvgIpc) is 2.97. The quantitative estimate of drug-likeness (QED) is 0.936. The van der Waals surface area contributed by atoms with Crippen molar-refractivity contribution < 1.29 is 4.52 Å². The summed E-state index contributed by atoms with van der Waals surface area (Å²) in [5, 5.41) is 4.30. The predicted molar refractivity (Wildman–Crippen MR) is 82.0 cm³/mol. The normalized spacial score (nSPS) is 19.3. The van der Waals surface area contributed by atoms with E-state index in [1.165, 1.54) is 24.8 Å². The van der Waals surface area contributed by atoms with Gasteiger partial charge in [-0.05, 0) is 25.3 Å². The van der Waals surface area contributed by atoms with Gasteiger partial charge in [0.1, 0.15) is 0 Å². The largest absolute Gasteiger partial charge is 0.339 e. The van der Waals surface area contributed by atoms with Crippen LogP contribution in [-0.2, 0) is 11.8 Å². The molecular weight excluding hydrogens is 262 g/mol. The lowest BCUT2D eigenvalue weighted by Gasteiger charge is -2.34. The van der Waals surface area contributed by atoms with Crippen LogP contribution in [0.3, 0.4) is 0 Å². The zero-order valence-corrected chi connectivity index (χ0v) is 12.6. The van der Waals surface area contributed by atoms with Crippen LogP contribution in [0.4, 0.5) is 0 Å². The minimum atomic E-state index is -0.0842. The van der Waals surface area contributed by atoms with E-state index in [9.17, 15) is 0 Å². The molecule has 1 aliphatic rings. The molecule has 1 aromatic carbocycles. The molecule has 112 valence electrons. The summed E-state index contributed by atoms with van der Waals surface area (Å²) in [4.78, 5) is 4.66. The Kier molecular flexibility index (Phi) is 4.06. The molecule has 3 rings (SSSR count). The van der Waals surface area contributed by atoms with Gasteiger partial charge in [-0.25, -0.2) is 0 Å². The van der Waals surface area contributed by atoms with Crippen molar-refractivity contribution in [2.45, 2.75) is 56.9 Å². The van der Waals surface area contributed by atoms with Gasteiger partial charge in [0.05, 0.1) is 5.41 Å². The van der Waals surface area contributed by atoms with E-state index < -0.39 is 0 Å². The molecule has 0 spiro atoms. The Hall–Kier alpha value is -1.68. The number of rotatable bonds is 4. The standard InChI is InChI=1S/C17H23N3O/c1-13(18)12-15-19-16(20-21-15)17(10-6-3-7-11-17)14-8-4-2-5-9-14/h2,4-5,8-9,13H,3,6-7,10-12,18H2,1H3. The van der Waals surface area contributed by atoms with Crippen molar-refractivity contribution in [2.75, 3.05) is 0 Å². The highest BCUT2D eigenvalue weighted by Crippen LogP contribution is 2.43. The van der Waals surface area contributed by atoms with E-state index in [1.54, 1.807) is 0 Å². The summed E-state index contributed by atoms with van der Waals surface area (Å²) in [7, 11) is 0. The Morgan fingerprint density at radius 3 is 2.57 bits per heavy atom. The molecule has 2 N–H and O–H groups in total. The Bertz CT molecular complexity index is 571. The van der Waals surface area contributed by atoms with E-state index in [4.69, 9.17) is 10.3 Å². The maximum Gasteiger partial charge on any atom is 0.228 e. The fraction of sp³-hybridized carbons (Fsp3) is 0.529. The van der Waals surface area contributed by atoms with Crippen LogP contribution in [0.5, 0.6) is 0 Å². The zero-order chi connectivity index (χ0) is 14.7. The van der Waals surface area contributed by atoms with Gasteiger partial charge in [0.15, 0.2) is 5.82 Å². The molecule has 0 bridgehead atoms. The van der Waals surface area contributed by atoms with Crippen molar-refractivity contribution in [3.63, 3.8) is 0 Å². The molecule has 21 heavy (non-hydrogen) atoms. The highest BCUT2D eigenvalue weighted by atomic mass is 16.5. The molecule has 1 heterocycles. The van der Waals surface area contributed by atoms with Gasteiger partial charge in [-0.1, -0.05) is 54.8 Å². The van der Waals surface area contributed by atoms with E-state index in [-0.39, 0.29) is 11.5 Å².